The number of ether oxygens (including phenoxy) is 2. The van der Waals surface area contributed by atoms with Crippen LogP contribution in [0.4, 0.5) is 13.2 Å². The third-order valence-corrected chi connectivity index (χ3v) is 3.70. The lowest BCUT2D eigenvalue weighted by Crippen LogP contribution is -2.06. The smallest absolute Gasteiger partial charge is 0.417 e. The second kappa shape index (κ2) is 9.80. The van der Waals surface area contributed by atoms with Crippen LogP contribution in [0.3, 0.4) is 0 Å². The van der Waals surface area contributed by atoms with Gasteiger partial charge in [-0.25, -0.2) is 9.78 Å². The minimum Gasteiger partial charge on any atom is -0.493 e. The molecule has 6 nitrogen and oxygen atoms in total. The van der Waals surface area contributed by atoms with E-state index in [0.29, 0.717) is 36.4 Å². The van der Waals surface area contributed by atoms with Gasteiger partial charge in [0.25, 0.3) is 0 Å². The SMILES string of the molecule is N#CCCCOc1ccc(/C=C/C(=O)O)c(Oc2ncc(C(F)(F)F)cc2Cl)c1. The number of halogens is 4. The summed E-state index contributed by atoms with van der Waals surface area (Å²) in [7, 11) is 0. The minimum absolute atomic E-state index is 0.0782. The summed E-state index contributed by atoms with van der Waals surface area (Å²) >= 11 is 5.86. The highest BCUT2D eigenvalue weighted by molar-refractivity contribution is 6.31. The van der Waals surface area contributed by atoms with E-state index in [1.165, 1.54) is 18.2 Å². The number of nitriles is 1. The second-order valence-corrected chi connectivity index (χ2v) is 6.00. The standard InChI is InChI=1S/C19H14ClF3N2O4/c20-15-9-13(19(21,22)23)11-25-18(15)29-16-10-14(28-8-2-1-7-24)5-3-12(16)4-6-17(26)27/h3-6,9-11H,1-2,8H2,(H,26,27)/b6-4+. The zero-order chi connectivity index (χ0) is 21.4. The van der Waals surface area contributed by atoms with E-state index in [-0.39, 0.29) is 23.3 Å². The number of aromatic nitrogens is 1. The fourth-order valence-corrected chi connectivity index (χ4v) is 2.30. The van der Waals surface area contributed by atoms with Gasteiger partial charge in [0.15, 0.2) is 0 Å². The van der Waals surface area contributed by atoms with Gasteiger partial charge < -0.3 is 14.6 Å². The summed E-state index contributed by atoms with van der Waals surface area (Å²) in [6.07, 6.45) is -1.10. The maximum Gasteiger partial charge on any atom is 0.417 e. The molecule has 2 aromatic rings. The molecule has 0 aliphatic rings. The topological polar surface area (TPSA) is 92.4 Å². The van der Waals surface area contributed by atoms with Crippen molar-refractivity contribution in [3.05, 3.63) is 52.7 Å². The Morgan fingerprint density at radius 2 is 2.10 bits per heavy atom. The van der Waals surface area contributed by atoms with Gasteiger partial charge in [-0.2, -0.15) is 18.4 Å². The number of unbranched alkanes of at least 4 members (excludes halogenated alkanes) is 1. The number of aliphatic carboxylic acids is 1. The number of carboxylic acids is 1. The molecular weight excluding hydrogens is 413 g/mol. The van der Waals surface area contributed by atoms with Crippen LogP contribution >= 0.6 is 11.6 Å². The van der Waals surface area contributed by atoms with Crippen molar-refractivity contribution in [1.29, 1.82) is 5.26 Å². The summed E-state index contributed by atoms with van der Waals surface area (Å²) in [6, 6.07) is 7.15. The maximum absolute atomic E-state index is 12.8. The van der Waals surface area contributed by atoms with Crippen LogP contribution in [0.5, 0.6) is 17.4 Å². The van der Waals surface area contributed by atoms with Crippen LogP contribution in [0.25, 0.3) is 6.08 Å². The summed E-state index contributed by atoms with van der Waals surface area (Å²) in [5.41, 5.74) is -0.718. The number of carbonyl (C=O) groups is 1. The first-order valence-electron chi connectivity index (χ1n) is 8.16. The monoisotopic (exact) mass is 426 g/mol. The van der Waals surface area contributed by atoms with Gasteiger partial charge in [-0.05, 0) is 30.7 Å². The van der Waals surface area contributed by atoms with E-state index in [0.717, 1.165) is 6.08 Å². The molecule has 2 rings (SSSR count). The number of carboxylic acid groups (broad SMARTS) is 1. The van der Waals surface area contributed by atoms with E-state index < -0.39 is 17.7 Å². The molecule has 1 N–H and O–H groups in total. The highest BCUT2D eigenvalue weighted by atomic mass is 35.5. The fraction of sp³-hybridized carbons (Fsp3) is 0.211. The predicted molar refractivity (Wildman–Crippen MR) is 97.8 cm³/mol. The number of pyridine rings is 1. The average Bonchev–Trinajstić information content (AvgIpc) is 2.65. The molecule has 0 bridgehead atoms. The second-order valence-electron chi connectivity index (χ2n) is 5.59. The van der Waals surface area contributed by atoms with Gasteiger partial charge in [0.2, 0.25) is 5.88 Å². The summed E-state index contributed by atoms with van der Waals surface area (Å²) in [5, 5.41) is 17.0. The molecule has 0 unspecified atom stereocenters. The van der Waals surface area contributed by atoms with Crippen molar-refractivity contribution in [1.82, 2.24) is 4.98 Å². The summed E-state index contributed by atoms with van der Waals surface area (Å²) < 4.78 is 49.3. The van der Waals surface area contributed by atoms with E-state index in [9.17, 15) is 18.0 Å². The molecule has 0 atom stereocenters. The quantitative estimate of drug-likeness (QED) is 0.453. The molecule has 1 aromatic carbocycles. The normalized spacial score (nSPS) is 11.3. The lowest BCUT2D eigenvalue weighted by molar-refractivity contribution is -0.138. The molecule has 0 spiro atoms. The molecule has 1 heterocycles. The van der Waals surface area contributed by atoms with E-state index in [4.69, 9.17) is 31.4 Å². The molecule has 10 heteroatoms. The predicted octanol–water partition coefficient (Wildman–Crippen LogP) is 5.33. The molecule has 0 aliphatic heterocycles. The number of rotatable bonds is 8. The Bertz CT molecular complexity index is 955. The highest BCUT2D eigenvalue weighted by Crippen LogP contribution is 2.36. The van der Waals surface area contributed by atoms with Crippen molar-refractivity contribution in [2.45, 2.75) is 19.0 Å². The Morgan fingerprint density at radius 3 is 2.72 bits per heavy atom. The van der Waals surface area contributed by atoms with E-state index >= 15 is 0 Å². The van der Waals surface area contributed by atoms with Crippen molar-refractivity contribution < 1.29 is 32.5 Å². The van der Waals surface area contributed by atoms with Crippen LogP contribution < -0.4 is 9.47 Å². The highest BCUT2D eigenvalue weighted by Gasteiger charge is 2.31. The number of nitrogens with zero attached hydrogens (tertiary/aromatic N) is 2. The van der Waals surface area contributed by atoms with Crippen LogP contribution in [0.15, 0.2) is 36.5 Å². The zero-order valence-electron chi connectivity index (χ0n) is 14.7. The van der Waals surface area contributed by atoms with Gasteiger partial charge >= 0.3 is 12.1 Å². The first kappa shape index (κ1) is 22.0. The molecule has 1 aromatic heterocycles. The Balaban J connectivity index is 2.32. The Labute approximate surface area is 168 Å². The van der Waals surface area contributed by atoms with Crippen LogP contribution in [-0.2, 0) is 11.0 Å². The lowest BCUT2D eigenvalue weighted by Gasteiger charge is -2.13. The van der Waals surface area contributed by atoms with Crippen LogP contribution in [0.1, 0.15) is 24.0 Å². The number of hydrogen-bond acceptors (Lipinski definition) is 5. The lowest BCUT2D eigenvalue weighted by atomic mass is 10.1. The molecular formula is C19H14ClF3N2O4. The van der Waals surface area contributed by atoms with Gasteiger partial charge in [-0.3, -0.25) is 0 Å². The third kappa shape index (κ3) is 6.69. The molecule has 0 radical (unpaired) electrons. The molecule has 0 aliphatic carbocycles. The van der Waals surface area contributed by atoms with Gasteiger partial charge in [-0.15, -0.1) is 0 Å². The summed E-state index contributed by atoms with van der Waals surface area (Å²) in [6.45, 7) is 0.261. The maximum atomic E-state index is 12.8. The van der Waals surface area contributed by atoms with Gasteiger partial charge in [-0.1, -0.05) is 11.6 Å². The number of alkyl halides is 3. The Kier molecular flexibility index (Phi) is 7.45. The van der Waals surface area contributed by atoms with E-state index in [1.807, 2.05) is 6.07 Å². The minimum atomic E-state index is -4.61. The Morgan fingerprint density at radius 1 is 1.34 bits per heavy atom. The first-order chi connectivity index (χ1) is 13.7. The summed E-state index contributed by atoms with van der Waals surface area (Å²) in [4.78, 5) is 14.4. The zero-order valence-corrected chi connectivity index (χ0v) is 15.5. The largest absolute Gasteiger partial charge is 0.493 e. The van der Waals surface area contributed by atoms with Gasteiger partial charge in [0, 0.05) is 30.3 Å². The molecule has 0 fully saturated rings. The molecule has 29 heavy (non-hydrogen) atoms. The van der Waals surface area contributed by atoms with Crippen molar-refractivity contribution in [3.63, 3.8) is 0 Å². The first-order valence-corrected chi connectivity index (χ1v) is 8.54. The molecule has 152 valence electrons. The van der Waals surface area contributed by atoms with Crippen molar-refractivity contribution in [2.24, 2.45) is 0 Å². The van der Waals surface area contributed by atoms with Crippen LogP contribution in [0.2, 0.25) is 5.02 Å². The molecule has 0 saturated carbocycles. The molecule has 0 saturated heterocycles. The van der Waals surface area contributed by atoms with Crippen LogP contribution in [-0.4, -0.2) is 22.7 Å². The van der Waals surface area contributed by atoms with Gasteiger partial charge in [0.1, 0.15) is 16.5 Å². The fourth-order valence-electron chi connectivity index (χ4n) is 2.09. The number of benzene rings is 1. The van der Waals surface area contributed by atoms with Gasteiger partial charge in [0.05, 0.1) is 18.2 Å². The third-order valence-electron chi connectivity index (χ3n) is 3.43. The average molecular weight is 427 g/mol. The molecule has 0 amide bonds. The Hall–Kier alpha value is -3.25. The number of hydrogen-bond donors (Lipinski definition) is 1. The van der Waals surface area contributed by atoms with Crippen molar-refractivity contribution in [2.75, 3.05) is 6.61 Å². The summed E-state index contributed by atoms with van der Waals surface area (Å²) in [5.74, 6) is -1.05. The van der Waals surface area contributed by atoms with Crippen molar-refractivity contribution in [3.8, 4) is 23.4 Å². The van der Waals surface area contributed by atoms with E-state index in [2.05, 4.69) is 4.98 Å². The van der Waals surface area contributed by atoms with Crippen LogP contribution in [0, 0.1) is 11.3 Å². The van der Waals surface area contributed by atoms with Crippen molar-refractivity contribution >= 4 is 23.6 Å². The van der Waals surface area contributed by atoms with E-state index in [1.54, 1.807) is 6.07 Å².